The van der Waals surface area contributed by atoms with E-state index in [0.29, 0.717) is 11.3 Å². The van der Waals surface area contributed by atoms with E-state index in [1.54, 1.807) is 6.92 Å². The number of hydrogen-bond acceptors (Lipinski definition) is 3. The van der Waals surface area contributed by atoms with Crippen LogP contribution in [-0.4, -0.2) is 9.03 Å². The zero-order valence-electron chi connectivity index (χ0n) is 14.3. The molecule has 9 heteroatoms. The number of rotatable bonds is 3. The van der Waals surface area contributed by atoms with Crippen LogP contribution in [0.2, 0.25) is 0 Å². The molecule has 3 rings (SSSR count). The fraction of sp³-hybridized carbons (Fsp3) is 0.294. The monoisotopic (exact) mass is 370 g/mol. The number of aromatic nitrogens is 2. The maximum absolute atomic E-state index is 13.9. The summed E-state index contributed by atoms with van der Waals surface area (Å²) in [5.41, 5.74) is -0.880. The summed E-state index contributed by atoms with van der Waals surface area (Å²) in [6.07, 6.45) is 0. The van der Waals surface area contributed by atoms with E-state index in [4.69, 9.17) is 4.74 Å². The number of hydrogen-bond donors (Lipinski definition) is 0. The van der Waals surface area contributed by atoms with Crippen molar-refractivity contribution < 1.29 is 22.3 Å². The number of benzene rings is 1. The Labute approximate surface area is 144 Å². The first-order valence-electron chi connectivity index (χ1n) is 7.60. The molecular weight excluding hydrogens is 356 g/mol. The summed E-state index contributed by atoms with van der Waals surface area (Å²) in [5.74, 6) is -7.67. The van der Waals surface area contributed by atoms with Gasteiger partial charge in [0.15, 0.2) is 17.4 Å². The van der Waals surface area contributed by atoms with Gasteiger partial charge in [0.05, 0.1) is 5.69 Å². The van der Waals surface area contributed by atoms with Gasteiger partial charge in [0.2, 0.25) is 11.6 Å². The van der Waals surface area contributed by atoms with Gasteiger partial charge in [-0.15, -0.1) is 0 Å². The highest BCUT2D eigenvalue weighted by Crippen LogP contribution is 2.30. The van der Waals surface area contributed by atoms with Crippen LogP contribution < -0.4 is 15.9 Å². The van der Waals surface area contributed by atoms with Gasteiger partial charge < -0.3 is 4.74 Å². The molecule has 0 unspecified atom stereocenters. The molecule has 0 spiro atoms. The normalized spacial score (nSPS) is 11.5. The average Bonchev–Trinajstić information content (AvgIpc) is 2.99. The van der Waals surface area contributed by atoms with Crippen LogP contribution in [0.25, 0.3) is 0 Å². The van der Waals surface area contributed by atoms with Crippen molar-refractivity contribution in [2.75, 3.05) is 0 Å². The molecule has 0 radical (unpaired) electrons. The summed E-state index contributed by atoms with van der Waals surface area (Å²) in [5, 5.41) is 0. The molecule has 0 aliphatic carbocycles. The fourth-order valence-corrected chi connectivity index (χ4v) is 2.82. The zero-order valence-corrected chi connectivity index (χ0v) is 14.3. The first-order chi connectivity index (χ1) is 12.1. The van der Waals surface area contributed by atoms with Crippen LogP contribution in [-0.2, 0) is 6.61 Å². The standard InChI is InChI=1S/C17H14F4N2O3/c1-6-9(4)22-10(7(2)17(25)23(22)16(6)24)5-26-15-13(20)11(18)8(3)12(19)14(15)21/h5H2,1-4H3. The molecule has 0 bridgehead atoms. The molecule has 2 heterocycles. The van der Waals surface area contributed by atoms with Crippen molar-refractivity contribution in [2.45, 2.75) is 34.3 Å². The number of nitrogens with zero attached hydrogens (tertiary/aromatic N) is 2. The highest BCUT2D eigenvalue weighted by Gasteiger charge is 2.26. The molecule has 2 aromatic heterocycles. The van der Waals surface area contributed by atoms with Gasteiger partial charge in [0.1, 0.15) is 6.61 Å². The van der Waals surface area contributed by atoms with Crippen molar-refractivity contribution in [3.05, 3.63) is 72.1 Å². The van der Waals surface area contributed by atoms with Gasteiger partial charge in [-0.1, -0.05) is 0 Å². The van der Waals surface area contributed by atoms with E-state index in [0.717, 1.165) is 11.4 Å². The van der Waals surface area contributed by atoms with Gasteiger partial charge in [-0.25, -0.2) is 13.3 Å². The van der Waals surface area contributed by atoms with Crippen LogP contribution in [0.1, 0.15) is 28.1 Å². The molecule has 0 fully saturated rings. The number of halogens is 4. The van der Waals surface area contributed by atoms with Gasteiger partial charge >= 0.3 is 0 Å². The van der Waals surface area contributed by atoms with Crippen molar-refractivity contribution in [3.63, 3.8) is 0 Å². The summed E-state index contributed by atoms with van der Waals surface area (Å²) in [4.78, 5) is 24.4. The van der Waals surface area contributed by atoms with Crippen LogP contribution >= 0.6 is 0 Å². The first kappa shape index (κ1) is 18.0. The Morgan fingerprint density at radius 3 is 1.77 bits per heavy atom. The molecule has 0 saturated carbocycles. The second-order valence-electron chi connectivity index (χ2n) is 6.01. The van der Waals surface area contributed by atoms with Crippen molar-refractivity contribution >= 4 is 0 Å². The minimum Gasteiger partial charge on any atom is -0.481 e. The van der Waals surface area contributed by atoms with Gasteiger partial charge in [-0.05, 0) is 27.7 Å². The van der Waals surface area contributed by atoms with E-state index in [9.17, 15) is 27.2 Å². The van der Waals surface area contributed by atoms with E-state index >= 15 is 0 Å². The third-order valence-corrected chi connectivity index (χ3v) is 4.57. The Kier molecular flexibility index (Phi) is 4.05. The second-order valence-corrected chi connectivity index (χ2v) is 6.01. The molecule has 0 atom stereocenters. The summed E-state index contributed by atoms with van der Waals surface area (Å²) in [6, 6.07) is 0. The third kappa shape index (κ3) is 2.23. The molecule has 5 nitrogen and oxygen atoms in total. The van der Waals surface area contributed by atoms with Gasteiger partial charge in [0.25, 0.3) is 11.1 Å². The van der Waals surface area contributed by atoms with Crippen molar-refractivity contribution in [3.8, 4) is 5.75 Å². The van der Waals surface area contributed by atoms with Crippen LogP contribution in [0.4, 0.5) is 17.6 Å². The lowest BCUT2D eigenvalue weighted by molar-refractivity contribution is 0.254. The summed E-state index contributed by atoms with van der Waals surface area (Å²) in [7, 11) is 0. The van der Waals surface area contributed by atoms with Gasteiger partial charge in [-0.2, -0.15) is 13.3 Å². The Morgan fingerprint density at radius 2 is 1.23 bits per heavy atom. The van der Waals surface area contributed by atoms with Gasteiger partial charge in [0, 0.05) is 22.4 Å². The molecule has 0 N–H and O–H groups in total. The molecule has 1 aromatic carbocycles. The summed E-state index contributed by atoms with van der Waals surface area (Å²) >= 11 is 0. The first-order valence-corrected chi connectivity index (χ1v) is 7.60. The lowest BCUT2D eigenvalue weighted by Gasteiger charge is -2.12. The minimum atomic E-state index is -1.67. The van der Waals surface area contributed by atoms with E-state index in [2.05, 4.69) is 0 Å². The van der Waals surface area contributed by atoms with Crippen LogP contribution in [0.5, 0.6) is 5.75 Å². The SMILES string of the molecule is Cc1c(F)c(F)c(OCc2c(C)c(=O)n3c(=O)c(C)c(C)n23)c(F)c1F. The van der Waals surface area contributed by atoms with E-state index < -0.39 is 52.3 Å². The minimum absolute atomic E-state index is 0.124. The lowest BCUT2D eigenvalue weighted by Crippen LogP contribution is -2.23. The maximum Gasteiger partial charge on any atom is 0.277 e. The maximum atomic E-state index is 13.9. The summed E-state index contributed by atoms with van der Waals surface area (Å²) < 4.78 is 62.3. The number of ether oxygens (including phenoxy) is 1. The Hall–Kier alpha value is -2.84. The Bertz CT molecular complexity index is 1140. The second kappa shape index (κ2) is 5.86. The quantitative estimate of drug-likeness (QED) is 0.526. The molecule has 0 saturated heterocycles. The largest absolute Gasteiger partial charge is 0.481 e. The zero-order chi connectivity index (χ0) is 19.5. The predicted octanol–water partition coefficient (Wildman–Crippen LogP) is 2.57. The third-order valence-electron chi connectivity index (χ3n) is 4.57. The molecule has 138 valence electrons. The highest BCUT2D eigenvalue weighted by atomic mass is 19.2. The fourth-order valence-electron chi connectivity index (χ4n) is 2.82. The molecular formula is C17H14F4N2O3. The van der Waals surface area contributed by atoms with Crippen molar-refractivity contribution in [1.29, 1.82) is 0 Å². The van der Waals surface area contributed by atoms with Gasteiger partial charge in [-0.3, -0.25) is 9.59 Å². The predicted molar refractivity (Wildman–Crippen MR) is 84.1 cm³/mol. The van der Waals surface area contributed by atoms with Crippen LogP contribution in [0.15, 0.2) is 9.59 Å². The Balaban J connectivity index is 2.13. The highest BCUT2D eigenvalue weighted by molar-refractivity contribution is 5.34. The van der Waals surface area contributed by atoms with Crippen molar-refractivity contribution in [1.82, 2.24) is 9.03 Å². The van der Waals surface area contributed by atoms with Crippen molar-refractivity contribution in [2.24, 2.45) is 0 Å². The van der Waals surface area contributed by atoms with Crippen LogP contribution in [0, 0.1) is 51.0 Å². The number of fused-ring (bicyclic) bond motifs is 1. The molecule has 3 aromatic rings. The Morgan fingerprint density at radius 1 is 0.731 bits per heavy atom. The number of aryl methyl sites for hydroxylation is 1. The smallest absolute Gasteiger partial charge is 0.277 e. The van der Waals surface area contributed by atoms with E-state index in [-0.39, 0.29) is 11.3 Å². The van der Waals surface area contributed by atoms with Crippen LogP contribution in [0.3, 0.4) is 0 Å². The molecule has 0 amide bonds. The molecule has 26 heavy (non-hydrogen) atoms. The molecule has 0 aliphatic heterocycles. The van der Waals surface area contributed by atoms with E-state index in [1.807, 2.05) is 0 Å². The lowest BCUT2D eigenvalue weighted by atomic mass is 10.2. The summed E-state index contributed by atoms with van der Waals surface area (Å²) in [6.45, 7) is 4.86. The molecule has 0 aliphatic rings. The topological polar surface area (TPSA) is 52.2 Å². The van der Waals surface area contributed by atoms with E-state index in [1.165, 1.54) is 18.4 Å². The average molecular weight is 370 g/mol.